The zero-order valence-corrected chi connectivity index (χ0v) is 13.4. The normalized spacial score (nSPS) is 18.7. The minimum absolute atomic E-state index is 0.147. The predicted molar refractivity (Wildman–Crippen MR) is 83.6 cm³/mol. The quantitative estimate of drug-likeness (QED) is 0.744. The van der Waals surface area contributed by atoms with Gasteiger partial charge in [-0.2, -0.15) is 0 Å². The van der Waals surface area contributed by atoms with Gasteiger partial charge in [-0.05, 0) is 19.9 Å². The van der Waals surface area contributed by atoms with E-state index in [1.54, 1.807) is 7.05 Å². The predicted octanol–water partition coefficient (Wildman–Crippen LogP) is 4.46. The Morgan fingerprint density at radius 3 is 2.30 bits per heavy atom. The average Bonchev–Trinajstić information content (AvgIpc) is 2.45. The Morgan fingerprint density at radius 2 is 1.80 bits per heavy atom. The van der Waals surface area contributed by atoms with E-state index in [4.69, 9.17) is 0 Å². The molecular formula is C16H26F2N2. The Labute approximate surface area is 121 Å². The zero-order chi connectivity index (χ0) is 15.8. The van der Waals surface area contributed by atoms with Crippen LogP contribution in [0, 0.1) is 0 Å². The molecule has 1 rings (SSSR count). The van der Waals surface area contributed by atoms with E-state index in [0.717, 1.165) is 23.9 Å². The maximum atomic E-state index is 12.8. The van der Waals surface area contributed by atoms with Crippen molar-refractivity contribution in [2.45, 2.75) is 40.0 Å². The molecule has 0 aromatic carbocycles. The molecule has 0 aromatic heterocycles. The van der Waals surface area contributed by atoms with Crippen molar-refractivity contribution >= 4 is 5.71 Å². The molecule has 20 heavy (non-hydrogen) atoms. The lowest BCUT2D eigenvalue weighted by Gasteiger charge is -2.24. The van der Waals surface area contributed by atoms with Gasteiger partial charge in [0.15, 0.2) is 0 Å². The first-order valence-corrected chi connectivity index (χ1v) is 6.97. The lowest BCUT2D eigenvalue weighted by Crippen LogP contribution is -2.25. The molecule has 0 atom stereocenters. The van der Waals surface area contributed by atoms with Crippen LogP contribution >= 0.6 is 0 Å². The molecule has 0 radical (unpaired) electrons. The summed E-state index contributed by atoms with van der Waals surface area (Å²) in [5.74, 6) is -2.62. The summed E-state index contributed by atoms with van der Waals surface area (Å²) in [6.07, 6.45) is 7.57. The second-order valence-electron chi connectivity index (χ2n) is 4.57. The van der Waals surface area contributed by atoms with Gasteiger partial charge in [0, 0.05) is 38.3 Å². The summed E-state index contributed by atoms with van der Waals surface area (Å²) in [6.45, 7) is 7.21. The van der Waals surface area contributed by atoms with Crippen molar-refractivity contribution in [1.82, 2.24) is 4.90 Å². The van der Waals surface area contributed by atoms with Gasteiger partial charge in [-0.3, -0.25) is 4.99 Å². The van der Waals surface area contributed by atoms with E-state index < -0.39 is 5.92 Å². The summed E-state index contributed by atoms with van der Waals surface area (Å²) in [6, 6.07) is 0. The maximum Gasteiger partial charge on any atom is 0.247 e. The SMILES string of the molecule is CC.CN=C1C=CC=C/C1=C(/C)N(C)CCC(C)(F)F. The molecule has 1 aliphatic rings. The molecule has 0 fully saturated rings. The van der Waals surface area contributed by atoms with Crippen molar-refractivity contribution in [2.75, 3.05) is 20.6 Å². The summed E-state index contributed by atoms with van der Waals surface area (Å²) in [5, 5.41) is 0. The first kappa shape index (κ1) is 18.6. The van der Waals surface area contributed by atoms with Gasteiger partial charge in [-0.25, -0.2) is 8.78 Å². The van der Waals surface area contributed by atoms with Crippen molar-refractivity contribution in [2.24, 2.45) is 4.99 Å². The highest BCUT2D eigenvalue weighted by Crippen LogP contribution is 2.20. The lowest BCUT2D eigenvalue weighted by atomic mass is 10.0. The smallest absolute Gasteiger partial charge is 0.247 e. The van der Waals surface area contributed by atoms with Gasteiger partial charge in [-0.15, -0.1) is 0 Å². The van der Waals surface area contributed by atoms with Gasteiger partial charge in [0.25, 0.3) is 0 Å². The van der Waals surface area contributed by atoms with Crippen LogP contribution in [0.2, 0.25) is 0 Å². The number of nitrogens with zero attached hydrogens (tertiary/aromatic N) is 2. The molecule has 0 aromatic rings. The van der Waals surface area contributed by atoms with Gasteiger partial charge < -0.3 is 4.90 Å². The summed E-state index contributed by atoms with van der Waals surface area (Å²) in [7, 11) is 3.56. The van der Waals surface area contributed by atoms with Gasteiger partial charge >= 0.3 is 0 Å². The summed E-state index contributed by atoms with van der Waals surface area (Å²) in [5.41, 5.74) is 2.83. The van der Waals surface area contributed by atoms with Crippen molar-refractivity contribution in [3.63, 3.8) is 0 Å². The van der Waals surface area contributed by atoms with Crippen LogP contribution in [0.25, 0.3) is 0 Å². The Balaban J connectivity index is 0.00000172. The molecule has 0 N–H and O–H groups in total. The summed E-state index contributed by atoms with van der Waals surface area (Å²) in [4.78, 5) is 6.04. The molecule has 4 heteroatoms. The molecule has 0 saturated heterocycles. The Bertz CT molecular complexity index is 413. The van der Waals surface area contributed by atoms with Crippen LogP contribution in [0.15, 0.2) is 40.6 Å². The lowest BCUT2D eigenvalue weighted by molar-refractivity contribution is 0.00741. The fourth-order valence-electron chi connectivity index (χ4n) is 1.71. The largest absolute Gasteiger partial charge is 0.377 e. The van der Waals surface area contributed by atoms with Gasteiger partial charge in [0.05, 0.1) is 5.71 Å². The van der Waals surface area contributed by atoms with Crippen LogP contribution in [-0.4, -0.2) is 37.2 Å². The number of hydrogen-bond donors (Lipinski definition) is 0. The Hall–Kier alpha value is -1.45. The topological polar surface area (TPSA) is 15.6 Å². The molecule has 0 aliphatic heterocycles. The third-order valence-electron chi connectivity index (χ3n) is 2.99. The van der Waals surface area contributed by atoms with Crippen molar-refractivity contribution in [3.8, 4) is 0 Å². The highest BCUT2D eigenvalue weighted by Gasteiger charge is 2.22. The number of rotatable bonds is 4. The molecule has 0 saturated carbocycles. The summed E-state index contributed by atoms with van der Waals surface area (Å²) < 4.78 is 25.7. The Kier molecular flexibility index (Phi) is 8.04. The number of alkyl halides is 2. The zero-order valence-electron chi connectivity index (χ0n) is 13.4. The third-order valence-corrected chi connectivity index (χ3v) is 2.99. The van der Waals surface area contributed by atoms with E-state index in [2.05, 4.69) is 4.99 Å². The molecule has 0 bridgehead atoms. The number of hydrogen-bond acceptors (Lipinski definition) is 2. The molecule has 0 spiro atoms. The molecule has 0 amide bonds. The standard InChI is InChI=1S/C14H20F2N2.C2H6/c1-11(18(4)10-9-14(2,15)16)12-7-5-6-8-13(12)17-3;1-2/h5-8H,9-10H2,1-4H3;1-2H3/b12-11+,17-13?;. The van der Waals surface area contributed by atoms with Crippen molar-refractivity contribution in [3.05, 3.63) is 35.6 Å². The number of allylic oxidation sites excluding steroid dienone is 6. The van der Waals surface area contributed by atoms with E-state index in [1.165, 1.54) is 0 Å². The minimum Gasteiger partial charge on any atom is -0.377 e. The number of aliphatic imine (C=N–C) groups is 1. The van der Waals surface area contributed by atoms with Crippen molar-refractivity contribution < 1.29 is 8.78 Å². The highest BCUT2D eigenvalue weighted by atomic mass is 19.3. The van der Waals surface area contributed by atoms with Gasteiger partial charge in [-0.1, -0.05) is 32.1 Å². The first-order valence-electron chi connectivity index (χ1n) is 6.97. The maximum absolute atomic E-state index is 12.8. The van der Waals surface area contributed by atoms with Crippen LogP contribution in [0.1, 0.15) is 34.1 Å². The molecule has 0 unspecified atom stereocenters. The fraction of sp³-hybridized carbons (Fsp3) is 0.562. The van der Waals surface area contributed by atoms with Crippen molar-refractivity contribution in [1.29, 1.82) is 0 Å². The Morgan fingerprint density at radius 1 is 1.25 bits per heavy atom. The number of halogens is 2. The van der Waals surface area contributed by atoms with E-state index in [9.17, 15) is 8.78 Å². The van der Waals surface area contributed by atoms with E-state index in [-0.39, 0.29) is 6.42 Å². The average molecular weight is 284 g/mol. The minimum atomic E-state index is -2.62. The second kappa shape index (κ2) is 8.67. The molecule has 114 valence electrons. The molecule has 1 aliphatic carbocycles. The van der Waals surface area contributed by atoms with Gasteiger partial charge in [0.2, 0.25) is 5.92 Å². The molecule has 2 nitrogen and oxygen atoms in total. The van der Waals surface area contributed by atoms with E-state index in [1.807, 2.05) is 57.0 Å². The monoisotopic (exact) mass is 284 g/mol. The van der Waals surface area contributed by atoms with Crippen LogP contribution in [-0.2, 0) is 0 Å². The van der Waals surface area contributed by atoms with Crippen LogP contribution in [0.3, 0.4) is 0 Å². The second-order valence-corrected chi connectivity index (χ2v) is 4.57. The fourth-order valence-corrected chi connectivity index (χ4v) is 1.71. The van der Waals surface area contributed by atoms with Crippen LogP contribution in [0.4, 0.5) is 8.78 Å². The first-order chi connectivity index (χ1) is 9.35. The molecule has 0 heterocycles. The molecular weight excluding hydrogens is 258 g/mol. The van der Waals surface area contributed by atoms with Crippen LogP contribution < -0.4 is 0 Å². The van der Waals surface area contributed by atoms with E-state index >= 15 is 0 Å². The van der Waals surface area contributed by atoms with E-state index in [0.29, 0.717) is 6.54 Å². The third kappa shape index (κ3) is 6.13. The summed E-state index contributed by atoms with van der Waals surface area (Å²) >= 11 is 0. The van der Waals surface area contributed by atoms with Crippen LogP contribution in [0.5, 0.6) is 0 Å². The highest BCUT2D eigenvalue weighted by molar-refractivity contribution is 6.11. The van der Waals surface area contributed by atoms with Gasteiger partial charge in [0.1, 0.15) is 0 Å².